The Morgan fingerprint density at radius 2 is 2.31 bits per heavy atom. The Bertz CT molecular complexity index is 931. The molecule has 0 bridgehead atoms. The van der Waals surface area contributed by atoms with Gasteiger partial charge in [0.25, 0.3) is 5.91 Å². The molecule has 1 atom stereocenters. The molecule has 0 radical (unpaired) electrons. The van der Waals surface area contributed by atoms with Crippen molar-refractivity contribution in [1.82, 2.24) is 19.7 Å². The van der Waals surface area contributed by atoms with Crippen molar-refractivity contribution in [3.63, 3.8) is 0 Å². The van der Waals surface area contributed by atoms with E-state index in [1.165, 1.54) is 0 Å². The van der Waals surface area contributed by atoms with Gasteiger partial charge in [0.1, 0.15) is 0 Å². The standard InChI is InChI=1S/C19H23N5OS/c1-12(2)24-18-15(11-21-24)14(9-16(22-18)17-6-4-8-26-17)19(25)23-7-3-5-13(23)10-20/h4,6,8-9,11-13H,3,5,7,10,20H2,1-2H3. The van der Waals surface area contributed by atoms with Crippen LogP contribution in [0.5, 0.6) is 0 Å². The Hall–Kier alpha value is -2.25. The summed E-state index contributed by atoms with van der Waals surface area (Å²) in [4.78, 5) is 21.1. The molecule has 0 saturated carbocycles. The minimum atomic E-state index is 0.0338. The average molecular weight is 369 g/mol. The number of thiophene rings is 1. The van der Waals surface area contributed by atoms with Crippen LogP contribution in [0, 0.1) is 0 Å². The van der Waals surface area contributed by atoms with Crippen molar-refractivity contribution in [1.29, 1.82) is 0 Å². The second-order valence-electron chi connectivity index (χ2n) is 6.98. The number of hydrogen-bond donors (Lipinski definition) is 1. The molecule has 136 valence electrons. The van der Waals surface area contributed by atoms with Crippen LogP contribution in [0.3, 0.4) is 0 Å². The highest BCUT2D eigenvalue weighted by atomic mass is 32.1. The summed E-state index contributed by atoms with van der Waals surface area (Å²) in [5.41, 5.74) is 8.14. The summed E-state index contributed by atoms with van der Waals surface area (Å²) < 4.78 is 1.88. The van der Waals surface area contributed by atoms with Gasteiger partial charge in [0.15, 0.2) is 5.65 Å². The molecule has 0 aromatic carbocycles. The Kier molecular flexibility index (Phi) is 4.50. The molecule has 26 heavy (non-hydrogen) atoms. The maximum atomic E-state index is 13.3. The molecule has 0 aliphatic carbocycles. The number of rotatable bonds is 4. The van der Waals surface area contributed by atoms with Crippen molar-refractivity contribution in [2.45, 2.75) is 38.8 Å². The van der Waals surface area contributed by atoms with Gasteiger partial charge in [-0.1, -0.05) is 6.07 Å². The number of aromatic nitrogens is 3. The Morgan fingerprint density at radius 1 is 1.46 bits per heavy atom. The van der Waals surface area contributed by atoms with Gasteiger partial charge in [-0.3, -0.25) is 4.79 Å². The van der Waals surface area contributed by atoms with Gasteiger partial charge in [-0.15, -0.1) is 11.3 Å². The van der Waals surface area contributed by atoms with Gasteiger partial charge in [-0.05, 0) is 44.2 Å². The van der Waals surface area contributed by atoms with E-state index in [4.69, 9.17) is 10.7 Å². The van der Waals surface area contributed by atoms with E-state index in [1.807, 2.05) is 33.2 Å². The summed E-state index contributed by atoms with van der Waals surface area (Å²) in [6.45, 7) is 5.40. The molecule has 4 rings (SSSR count). The molecule has 1 aliphatic heterocycles. The molecule has 3 aromatic heterocycles. The number of pyridine rings is 1. The maximum absolute atomic E-state index is 13.3. The minimum Gasteiger partial charge on any atom is -0.334 e. The SMILES string of the molecule is CC(C)n1ncc2c(C(=O)N3CCCC3CN)cc(-c3cccs3)nc21. The van der Waals surface area contributed by atoms with Crippen LogP contribution >= 0.6 is 11.3 Å². The monoisotopic (exact) mass is 369 g/mol. The van der Waals surface area contributed by atoms with Crippen LogP contribution in [-0.4, -0.2) is 44.7 Å². The Labute approximate surface area is 156 Å². The van der Waals surface area contributed by atoms with Crippen molar-refractivity contribution in [3.8, 4) is 10.6 Å². The van der Waals surface area contributed by atoms with Crippen LogP contribution in [-0.2, 0) is 0 Å². The van der Waals surface area contributed by atoms with Crippen LogP contribution in [0.4, 0.5) is 0 Å². The van der Waals surface area contributed by atoms with E-state index >= 15 is 0 Å². The fourth-order valence-corrected chi connectivity index (χ4v) is 4.31. The quantitative estimate of drug-likeness (QED) is 0.765. The predicted molar refractivity (Wildman–Crippen MR) is 104 cm³/mol. The van der Waals surface area contributed by atoms with E-state index < -0.39 is 0 Å². The summed E-state index contributed by atoms with van der Waals surface area (Å²) in [5, 5.41) is 7.32. The lowest BCUT2D eigenvalue weighted by Gasteiger charge is -2.24. The summed E-state index contributed by atoms with van der Waals surface area (Å²) in [6.07, 6.45) is 3.74. The number of nitrogens with zero attached hydrogens (tertiary/aromatic N) is 4. The molecule has 1 fully saturated rings. The van der Waals surface area contributed by atoms with Gasteiger partial charge < -0.3 is 10.6 Å². The van der Waals surface area contributed by atoms with Crippen molar-refractivity contribution >= 4 is 28.3 Å². The lowest BCUT2D eigenvalue weighted by Crippen LogP contribution is -2.40. The average Bonchev–Trinajstić information content (AvgIpc) is 3.39. The van der Waals surface area contributed by atoms with Crippen LogP contribution in [0.25, 0.3) is 21.6 Å². The van der Waals surface area contributed by atoms with Gasteiger partial charge in [-0.2, -0.15) is 5.10 Å². The molecule has 4 heterocycles. The van der Waals surface area contributed by atoms with Gasteiger partial charge in [-0.25, -0.2) is 9.67 Å². The molecular formula is C19H23N5OS. The summed E-state index contributed by atoms with van der Waals surface area (Å²) in [6, 6.07) is 6.23. The first kappa shape index (κ1) is 17.2. The highest BCUT2D eigenvalue weighted by molar-refractivity contribution is 7.13. The number of carbonyl (C=O) groups excluding carboxylic acids is 1. The van der Waals surface area contributed by atoms with Crippen LogP contribution in [0.2, 0.25) is 0 Å². The first-order chi connectivity index (χ1) is 12.6. The van der Waals surface area contributed by atoms with Crippen molar-refractivity contribution in [2.75, 3.05) is 13.1 Å². The first-order valence-electron chi connectivity index (χ1n) is 9.03. The predicted octanol–water partition coefficient (Wildman–Crippen LogP) is 3.30. The molecule has 2 N–H and O–H groups in total. The molecule has 7 heteroatoms. The van der Waals surface area contributed by atoms with Crippen LogP contribution in [0.1, 0.15) is 43.1 Å². The summed E-state index contributed by atoms with van der Waals surface area (Å²) in [7, 11) is 0. The molecule has 6 nitrogen and oxygen atoms in total. The van der Waals surface area contributed by atoms with E-state index in [0.29, 0.717) is 12.1 Å². The van der Waals surface area contributed by atoms with E-state index in [2.05, 4.69) is 18.9 Å². The van der Waals surface area contributed by atoms with Gasteiger partial charge in [0.2, 0.25) is 0 Å². The third-order valence-corrected chi connectivity index (χ3v) is 5.86. The second-order valence-corrected chi connectivity index (χ2v) is 7.93. The molecule has 1 unspecified atom stereocenters. The largest absolute Gasteiger partial charge is 0.334 e. The molecule has 1 saturated heterocycles. The maximum Gasteiger partial charge on any atom is 0.255 e. The summed E-state index contributed by atoms with van der Waals surface area (Å²) >= 11 is 1.62. The zero-order valence-electron chi connectivity index (χ0n) is 15.1. The summed E-state index contributed by atoms with van der Waals surface area (Å²) in [5.74, 6) is 0.0338. The number of amides is 1. The van der Waals surface area contributed by atoms with E-state index in [0.717, 1.165) is 41.0 Å². The lowest BCUT2D eigenvalue weighted by molar-refractivity contribution is 0.0743. The van der Waals surface area contributed by atoms with Crippen molar-refractivity contribution in [3.05, 3.63) is 35.3 Å². The van der Waals surface area contributed by atoms with E-state index in [9.17, 15) is 4.79 Å². The molecule has 1 amide bonds. The Balaban J connectivity index is 1.88. The number of carbonyl (C=O) groups is 1. The number of hydrogen-bond acceptors (Lipinski definition) is 5. The van der Waals surface area contributed by atoms with Gasteiger partial charge >= 0.3 is 0 Å². The van der Waals surface area contributed by atoms with Crippen LogP contribution in [0.15, 0.2) is 29.8 Å². The molecule has 0 spiro atoms. The lowest BCUT2D eigenvalue weighted by atomic mass is 10.1. The van der Waals surface area contributed by atoms with Gasteiger partial charge in [0, 0.05) is 25.2 Å². The molecule has 3 aromatic rings. The normalized spacial score (nSPS) is 17.5. The van der Waals surface area contributed by atoms with Crippen molar-refractivity contribution in [2.24, 2.45) is 5.73 Å². The first-order valence-corrected chi connectivity index (χ1v) is 9.91. The highest BCUT2D eigenvalue weighted by Crippen LogP contribution is 2.30. The smallest absolute Gasteiger partial charge is 0.255 e. The number of fused-ring (bicyclic) bond motifs is 1. The zero-order chi connectivity index (χ0) is 18.3. The topological polar surface area (TPSA) is 77.0 Å². The Morgan fingerprint density at radius 3 is 3.00 bits per heavy atom. The highest BCUT2D eigenvalue weighted by Gasteiger charge is 2.30. The minimum absolute atomic E-state index is 0.0338. The zero-order valence-corrected chi connectivity index (χ0v) is 15.9. The van der Waals surface area contributed by atoms with E-state index in [-0.39, 0.29) is 18.0 Å². The molecular weight excluding hydrogens is 346 g/mol. The second kappa shape index (κ2) is 6.81. The van der Waals surface area contributed by atoms with Crippen LogP contribution < -0.4 is 5.73 Å². The van der Waals surface area contributed by atoms with Gasteiger partial charge in [0.05, 0.1) is 27.7 Å². The third-order valence-electron chi connectivity index (χ3n) is 4.97. The molecule has 1 aliphatic rings. The van der Waals surface area contributed by atoms with Crippen molar-refractivity contribution < 1.29 is 4.79 Å². The fourth-order valence-electron chi connectivity index (χ4n) is 3.63. The number of likely N-dealkylation sites (tertiary alicyclic amines) is 1. The number of nitrogens with two attached hydrogens (primary N) is 1. The third kappa shape index (κ3) is 2.81. The fraction of sp³-hybridized carbons (Fsp3) is 0.421. The van der Waals surface area contributed by atoms with E-state index in [1.54, 1.807) is 17.5 Å².